The molecule has 3 heterocycles. The van der Waals surface area contributed by atoms with Crippen LogP contribution in [0.2, 0.25) is 0 Å². The van der Waals surface area contributed by atoms with E-state index in [1.807, 2.05) is 0 Å². The Balaban J connectivity index is 1.22. The summed E-state index contributed by atoms with van der Waals surface area (Å²) in [6.07, 6.45) is 1.45. The van der Waals surface area contributed by atoms with Gasteiger partial charge in [-0.15, -0.1) is 10.2 Å². The summed E-state index contributed by atoms with van der Waals surface area (Å²) in [7, 11) is 0. The lowest BCUT2D eigenvalue weighted by atomic mass is 10.1. The van der Waals surface area contributed by atoms with Crippen LogP contribution in [-0.2, 0) is 11.3 Å². The van der Waals surface area contributed by atoms with Crippen molar-refractivity contribution in [2.45, 2.75) is 6.54 Å². The molecule has 1 aliphatic heterocycles. The maximum absolute atomic E-state index is 14.0. The van der Waals surface area contributed by atoms with Gasteiger partial charge in [-0.05, 0) is 41.6 Å². The van der Waals surface area contributed by atoms with Crippen LogP contribution in [0, 0.1) is 5.82 Å². The first-order valence-electron chi connectivity index (χ1n) is 11.5. The predicted molar refractivity (Wildman–Crippen MR) is 129 cm³/mol. The number of nitrogens with zero attached hydrogens (tertiary/aromatic N) is 6. The Morgan fingerprint density at radius 3 is 2.41 bits per heavy atom. The van der Waals surface area contributed by atoms with Gasteiger partial charge in [-0.2, -0.15) is 4.80 Å². The highest BCUT2D eigenvalue weighted by Gasteiger charge is 2.26. The Morgan fingerprint density at radius 2 is 1.65 bits per heavy atom. The van der Waals surface area contributed by atoms with Crippen molar-refractivity contribution in [2.75, 3.05) is 31.5 Å². The standard InChI is InChI=1S/C25H22FN7O4/c26-19-8-3-1-6-17(19)24(35)27-20-9-4-2-7-18(20)23-28-30-33(29-23)16-22(34)31-11-13-32(14-12-31)25(36)21-10-5-15-37-21/h1-10,15H,11-14,16H2,(H,27,35). The normalized spacial score (nSPS) is 13.4. The van der Waals surface area contributed by atoms with Gasteiger partial charge in [-0.25, -0.2) is 4.39 Å². The van der Waals surface area contributed by atoms with Gasteiger partial charge in [-0.3, -0.25) is 14.4 Å². The number of benzene rings is 2. The maximum Gasteiger partial charge on any atom is 0.289 e. The van der Waals surface area contributed by atoms with Crippen LogP contribution in [0.15, 0.2) is 71.3 Å². The van der Waals surface area contributed by atoms with E-state index in [1.165, 1.54) is 29.3 Å². The van der Waals surface area contributed by atoms with Crippen LogP contribution in [0.25, 0.3) is 11.4 Å². The molecule has 0 radical (unpaired) electrons. The van der Waals surface area contributed by atoms with E-state index in [2.05, 4.69) is 20.7 Å². The smallest absolute Gasteiger partial charge is 0.289 e. The van der Waals surface area contributed by atoms with Gasteiger partial charge >= 0.3 is 0 Å². The highest BCUT2D eigenvalue weighted by atomic mass is 19.1. The summed E-state index contributed by atoms with van der Waals surface area (Å²) < 4.78 is 19.2. The topological polar surface area (TPSA) is 126 Å². The molecule has 0 spiro atoms. The molecule has 4 aromatic rings. The van der Waals surface area contributed by atoms with E-state index in [0.29, 0.717) is 37.4 Å². The SMILES string of the molecule is O=C(Nc1ccccc1-c1nnn(CC(=O)N2CCN(C(=O)c3ccco3)CC2)n1)c1ccccc1F. The zero-order chi connectivity index (χ0) is 25.8. The lowest BCUT2D eigenvalue weighted by Crippen LogP contribution is -2.51. The molecular formula is C25H22FN7O4. The van der Waals surface area contributed by atoms with E-state index in [1.54, 1.807) is 52.3 Å². The summed E-state index contributed by atoms with van der Waals surface area (Å²) in [5, 5.41) is 15.0. The van der Waals surface area contributed by atoms with Crippen LogP contribution in [0.3, 0.4) is 0 Å². The third-order valence-electron chi connectivity index (χ3n) is 5.92. The van der Waals surface area contributed by atoms with Gasteiger partial charge in [-0.1, -0.05) is 24.3 Å². The molecule has 37 heavy (non-hydrogen) atoms. The minimum Gasteiger partial charge on any atom is -0.459 e. The summed E-state index contributed by atoms with van der Waals surface area (Å²) in [5.74, 6) is -1.20. The van der Waals surface area contributed by atoms with Crippen molar-refractivity contribution in [3.63, 3.8) is 0 Å². The molecule has 0 saturated carbocycles. The first-order chi connectivity index (χ1) is 18.0. The Bertz CT molecular complexity index is 1430. The maximum atomic E-state index is 14.0. The summed E-state index contributed by atoms with van der Waals surface area (Å²) >= 11 is 0. The number of tetrazole rings is 1. The first kappa shape index (κ1) is 23.9. The number of rotatable bonds is 6. The lowest BCUT2D eigenvalue weighted by molar-refractivity contribution is -0.133. The van der Waals surface area contributed by atoms with Crippen LogP contribution in [0.1, 0.15) is 20.9 Å². The molecule has 1 saturated heterocycles. The summed E-state index contributed by atoms with van der Waals surface area (Å²) in [6.45, 7) is 1.38. The molecule has 3 amide bonds. The van der Waals surface area contributed by atoms with Crippen molar-refractivity contribution in [1.29, 1.82) is 0 Å². The highest BCUT2D eigenvalue weighted by Crippen LogP contribution is 2.25. The van der Waals surface area contributed by atoms with Crippen molar-refractivity contribution in [2.24, 2.45) is 0 Å². The number of nitrogens with one attached hydrogen (secondary N) is 1. The van der Waals surface area contributed by atoms with Crippen molar-refractivity contribution in [3.05, 3.63) is 84.1 Å². The van der Waals surface area contributed by atoms with Gasteiger partial charge in [0.1, 0.15) is 12.4 Å². The fourth-order valence-electron chi connectivity index (χ4n) is 3.98. The number of hydrogen-bond acceptors (Lipinski definition) is 7. The number of furan rings is 1. The number of carbonyl (C=O) groups excluding carboxylic acids is 3. The number of amides is 3. The largest absolute Gasteiger partial charge is 0.459 e. The molecule has 1 fully saturated rings. The molecule has 2 aromatic heterocycles. The molecule has 0 unspecified atom stereocenters. The Morgan fingerprint density at radius 1 is 0.919 bits per heavy atom. The number of aromatic nitrogens is 4. The van der Waals surface area contributed by atoms with E-state index in [4.69, 9.17) is 4.42 Å². The zero-order valence-electron chi connectivity index (χ0n) is 19.6. The highest BCUT2D eigenvalue weighted by molar-refractivity contribution is 6.06. The van der Waals surface area contributed by atoms with E-state index in [0.717, 1.165) is 0 Å². The molecule has 1 N–H and O–H groups in total. The molecule has 0 aliphatic carbocycles. The minimum absolute atomic E-state index is 0.0922. The third-order valence-corrected chi connectivity index (χ3v) is 5.92. The fraction of sp³-hybridized carbons (Fsp3) is 0.200. The van der Waals surface area contributed by atoms with Gasteiger partial charge in [0.05, 0.1) is 17.5 Å². The quantitative estimate of drug-likeness (QED) is 0.428. The monoisotopic (exact) mass is 503 g/mol. The molecule has 11 nitrogen and oxygen atoms in total. The molecule has 0 bridgehead atoms. The van der Waals surface area contributed by atoms with Gasteiger partial charge in [0, 0.05) is 31.7 Å². The molecule has 1 aliphatic rings. The van der Waals surface area contributed by atoms with Gasteiger partial charge < -0.3 is 19.5 Å². The average Bonchev–Trinajstić information content (AvgIpc) is 3.62. The van der Waals surface area contributed by atoms with E-state index < -0.39 is 11.7 Å². The van der Waals surface area contributed by atoms with Crippen LogP contribution in [0.4, 0.5) is 10.1 Å². The summed E-state index contributed by atoms with van der Waals surface area (Å²) in [4.78, 5) is 42.2. The zero-order valence-corrected chi connectivity index (χ0v) is 19.6. The van der Waals surface area contributed by atoms with Crippen LogP contribution in [0.5, 0.6) is 0 Å². The van der Waals surface area contributed by atoms with Gasteiger partial charge in [0.25, 0.3) is 11.8 Å². The number of para-hydroxylation sites is 1. The average molecular weight is 503 g/mol. The lowest BCUT2D eigenvalue weighted by Gasteiger charge is -2.34. The molecule has 2 aromatic carbocycles. The van der Waals surface area contributed by atoms with Crippen LogP contribution < -0.4 is 5.32 Å². The van der Waals surface area contributed by atoms with Gasteiger partial charge in [0.2, 0.25) is 11.7 Å². The van der Waals surface area contributed by atoms with Crippen LogP contribution in [-0.4, -0.2) is 73.9 Å². The molecule has 5 rings (SSSR count). The van der Waals surface area contributed by atoms with Crippen molar-refractivity contribution in [3.8, 4) is 11.4 Å². The number of halogens is 1. The number of hydrogen-bond donors (Lipinski definition) is 1. The second-order valence-electron chi connectivity index (χ2n) is 8.27. The van der Waals surface area contributed by atoms with Crippen molar-refractivity contribution >= 4 is 23.4 Å². The van der Waals surface area contributed by atoms with Crippen molar-refractivity contribution in [1.82, 2.24) is 30.0 Å². The van der Waals surface area contributed by atoms with E-state index in [9.17, 15) is 18.8 Å². The Hall–Kier alpha value is -4.87. The number of piperazine rings is 1. The molecule has 12 heteroatoms. The van der Waals surface area contributed by atoms with E-state index in [-0.39, 0.29) is 35.5 Å². The number of carbonyl (C=O) groups is 3. The summed E-state index contributed by atoms with van der Waals surface area (Å²) in [5.41, 5.74) is 0.750. The third kappa shape index (κ3) is 5.22. The minimum atomic E-state index is -0.633. The van der Waals surface area contributed by atoms with Gasteiger partial charge in [0.15, 0.2) is 5.76 Å². The molecular weight excluding hydrogens is 481 g/mol. The first-order valence-corrected chi connectivity index (χ1v) is 11.5. The Labute approximate surface area is 210 Å². The Kier molecular flexibility index (Phi) is 6.70. The van der Waals surface area contributed by atoms with Crippen molar-refractivity contribution < 1.29 is 23.2 Å². The number of anilines is 1. The molecule has 188 valence electrons. The predicted octanol–water partition coefficient (Wildman–Crippen LogP) is 2.31. The fourth-order valence-corrected chi connectivity index (χ4v) is 3.98. The summed E-state index contributed by atoms with van der Waals surface area (Å²) in [6, 6.07) is 15.7. The van der Waals surface area contributed by atoms with Crippen LogP contribution >= 0.6 is 0 Å². The van der Waals surface area contributed by atoms with E-state index >= 15 is 0 Å². The molecule has 0 atom stereocenters. The second-order valence-corrected chi connectivity index (χ2v) is 8.27. The second kappa shape index (κ2) is 10.4.